The molecule has 0 aliphatic carbocycles. The molecule has 0 heterocycles. The molecular formula is C13H9F2NO2S. The van der Waals surface area contributed by atoms with Crippen molar-refractivity contribution in [2.24, 2.45) is 0 Å². The number of halogens is 2. The second-order valence-electron chi connectivity index (χ2n) is 3.73. The first-order valence-electron chi connectivity index (χ1n) is 5.23. The molecule has 0 saturated carbocycles. The number of nitrogens with two attached hydrogens (primary N) is 1. The van der Waals surface area contributed by atoms with Crippen LogP contribution in [0.1, 0.15) is 10.4 Å². The zero-order chi connectivity index (χ0) is 14.0. The highest BCUT2D eigenvalue weighted by Gasteiger charge is 2.11. The van der Waals surface area contributed by atoms with Crippen LogP contribution in [-0.2, 0) is 0 Å². The van der Waals surface area contributed by atoms with Gasteiger partial charge in [-0.1, -0.05) is 11.8 Å². The molecule has 0 radical (unpaired) electrons. The summed E-state index contributed by atoms with van der Waals surface area (Å²) >= 11 is 0.935. The number of nitrogen functional groups attached to an aromatic ring is 1. The van der Waals surface area contributed by atoms with Gasteiger partial charge in [0.05, 0.1) is 10.5 Å². The summed E-state index contributed by atoms with van der Waals surface area (Å²) in [5, 5.41) is 8.93. The van der Waals surface area contributed by atoms with Gasteiger partial charge >= 0.3 is 5.97 Å². The molecule has 0 aliphatic rings. The Morgan fingerprint density at radius 2 is 1.89 bits per heavy atom. The molecule has 19 heavy (non-hydrogen) atoms. The average molecular weight is 281 g/mol. The summed E-state index contributed by atoms with van der Waals surface area (Å²) in [6, 6.07) is 7.39. The van der Waals surface area contributed by atoms with Gasteiger partial charge in [0.15, 0.2) is 0 Å². The van der Waals surface area contributed by atoms with E-state index in [1.807, 2.05) is 0 Å². The first-order valence-corrected chi connectivity index (χ1v) is 6.05. The van der Waals surface area contributed by atoms with Crippen LogP contribution in [0.3, 0.4) is 0 Å². The number of anilines is 1. The van der Waals surface area contributed by atoms with Gasteiger partial charge in [-0.15, -0.1) is 0 Å². The molecule has 0 aliphatic heterocycles. The molecule has 6 heteroatoms. The fraction of sp³-hybridized carbons (Fsp3) is 0. The maximum atomic E-state index is 13.5. The van der Waals surface area contributed by atoms with Crippen LogP contribution < -0.4 is 5.73 Å². The zero-order valence-electron chi connectivity index (χ0n) is 9.56. The summed E-state index contributed by atoms with van der Waals surface area (Å²) in [7, 11) is 0. The fourth-order valence-corrected chi connectivity index (χ4v) is 2.37. The zero-order valence-corrected chi connectivity index (χ0v) is 10.4. The number of aromatic carboxylic acids is 1. The molecule has 2 rings (SSSR count). The molecule has 0 aromatic heterocycles. The second kappa shape index (κ2) is 5.27. The molecule has 3 N–H and O–H groups in total. The van der Waals surface area contributed by atoms with Crippen molar-refractivity contribution in [3.05, 3.63) is 53.6 Å². The highest BCUT2D eigenvalue weighted by atomic mass is 32.2. The van der Waals surface area contributed by atoms with E-state index >= 15 is 0 Å². The van der Waals surface area contributed by atoms with E-state index in [4.69, 9.17) is 10.8 Å². The third-order valence-electron chi connectivity index (χ3n) is 2.38. The Labute approximate surface area is 112 Å². The van der Waals surface area contributed by atoms with Crippen molar-refractivity contribution in [1.29, 1.82) is 0 Å². The van der Waals surface area contributed by atoms with E-state index in [9.17, 15) is 13.6 Å². The Balaban J connectivity index is 2.36. The highest BCUT2D eigenvalue weighted by molar-refractivity contribution is 7.99. The Morgan fingerprint density at radius 1 is 1.16 bits per heavy atom. The largest absolute Gasteiger partial charge is 0.478 e. The summed E-state index contributed by atoms with van der Waals surface area (Å²) < 4.78 is 26.5. The summed E-state index contributed by atoms with van der Waals surface area (Å²) in [6.45, 7) is 0. The summed E-state index contributed by atoms with van der Waals surface area (Å²) in [4.78, 5) is 11.5. The third kappa shape index (κ3) is 3.03. The van der Waals surface area contributed by atoms with Crippen molar-refractivity contribution in [3.63, 3.8) is 0 Å². The van der Waals surface area contributed by atoms with Crippen molar-refractivity contribution in [3.8, 4) is 0 Å². The highest BCUT2D eigenvalue weighted by Crippen LogP contribution is 2.32. The monoisotopic (exact) mass is 281 g/mol. The molecule has 0 fully saturated rings. The minimum atomic E-state index is -1.17. The van der Waals surface area contributed by atoms with Crippen LogP contribution in [0.2, 0.25) is 0 Å². The van der Waals surface area contributed by atoms with Gasteiger partial charge in [-0.3, -0.25) is 0 Å². The van der Waals surface area contributed by atoms with Gasteiger partial charge in [0, 0.05) is 10.6 Å². The van der Waals surface area contributed by atoms with Crippen LogP contribution >= 0.6 is 11.8 Å². The Hall–Kier alpha value is -2.08. The lowest BCUT2D eigenvalue weighted by atomic mass is 10.2. The number of carboxylic acid groups (broad SMARTS) is 1. The fourth-order valence-electron chi connectivity index (χ4n) is 1.47. The lowest BCUT2D eigenvalue weighted by Crippen LogP contribution is -2.02. The van der Waals surface area contributed by atoms with Gasteiger partial charge in [-0.2, -0.15) is 0 Å². The number of hydrogen-bond donors (Lipinski definition) is 2. The topological polar surface area (TPSA) is 63.3 Å². The van der Waals surface area contributed by atoms with Crippen molar-refractivity contribution < 1.29 is 18.7 Å². The number of carboxylic acids is 1. The average Bonchev–Trinajstić information content (AvgIpc) is 2.36. The van der Waals surface area contributed by atoms with Crippen LogP contribution in [0.15, 0.2) is 46.2 Å². The minimum absolute atomic E-state index is 0.0678. The number of carbonyl (C=O) groups is 1. The molecule has 0 bridgehead atoms. The predicted molar refractivity (Wildman–Crippen MR) is 68.3 cm³/mol. The van der Waals surface area contributed by atoms with Gasteiger partial charge in [0.1, 0.15) is 11.6 Å². The second-order valence-corrected chi connectivity index (χ2v) is 4.85. The molecule has 0 amide bonds. The quantitative estimate of drug-likeness (QED) is 0.846. The summed E-state index contributed by atoms with van der Waals surface area (Å²) in [5.74, 6) is -2.29. The van der Waals surface area contributed by atoms with Crippen molar-refractivity contribution in [2.75, 3.05) is 5.73 Å². The number of benzene rings is 2. The number of hydrogen-bond acceptors (Lipinski definition) is 3. The van der Waals surface area contributed by atoms with E-state index in [0.29, 0.717) is 4.90 Å². The minimum Gasteiger partial charge on any atom is -0.478 e. The van der Waals surface area contributed by atoms with Gasteiger partial charge in [0.2, 0.25) is 0 Å². The molecule has 98 valence electrons. The molecule has 0 saturated heterocycles. The van der Waals surface area contributed by atoms with E-state index in [2.05, 4.69) is 0 Å². The van der Waals surface area contributed by atoms with Gasteiger partial charge < -0.3 is 10.8 Å². The standard InChI is InChI=1S/C13H9F2NO2S/c14-7-1-3-10(15)12(5-7)19-8-2-4-11(16)9(6-8)13(17)18/h1-6H,16H2,(H,17,18). The van der Waals surface area contributed by atoms with Crippen LogP contribution in [0.4, 0.5) is 14.5 Å². The normalized spacial score (nSPS) is 10.4. The van der Waals surface area contributed by atoms with Crippen molar-refractivity contribution in [2.45, 2.75) is 9.79 Å². The Kier molecular flexibility index (Phi) is 3.71. The van der Waals surface area contributed by atoms with Crippen LogP contribution in [0.25, 0.3) is 0 Å². The van der Waals surface area contributed by atoms with E-state index in [1.54, 1.807) is 6.07 Å². The van der Waals surface area contributed by atoms with Gasteiger partial charge in [0.25, 0.3) is 0 Å². The first-order chi connectivity index (χ1) is 8.97. The van der Waals surface area contributed by atoms with Crippen LogP contribution in [-0.4, -0.2) is 11.1 Å². The molecule has 0 atom stereocenters. The summed E-state index contributed by atoms with van der Waals surface area (Å²) in [5.41, 5.74) is 5.57. The Bertz CT molecular complexity index is 647. The predicted octanol–water partition coefficient (Wildman–Crippen LogP) is 3.40. The SMILES string of the molecule is Nc1ccc(Sc2cc(F)ccc2F)cc1C(=O)O. The lowest BCUT2D eigenvalue weighted by molar-refractivity contribution is 0.0698. The van der Waals surface area contributed by atoms with E-state index in [1.165, 1.54) is 12.1 Å². The van der Waals surface area contributed by atoms with Crippen molar-refractivity contribution in [1.82, 2.24) is 0 Å². The molecule has 0 spiro atoms. The first kappa shape index (κ1) is 13.4. The Morgan fingerprint density at radius 3 is 2.58 bits per heavy atom. The maximum Gasteiger partial charge on any atom is 0.337 e. The smallest absolute Gasteiger partial charge is 0.337 e. The van der Waals surface area contributed by atoms with Gasteiger partial charge in [-0.05, 0) is 36.4 Å². The van der Waals surface area contributed by atoms with E-state index < -0.39 is 17.6 Å². The summed E-state index contributed by atoms with van der Waals surface area (Å²) in [6.07, 6.45) is 0. The van der Waals surface area contributed by atoms with Gasteiger partial charge in [-0.25, -0.2) is 13.6 Å². The maximum absolute atomic E-state index is 13.5. The van der Waals surface area contributed by atoms with E-state index in [-0.39, 0.29) is 16.1 Å². The molecule has 2 aromatic rings. The van der Waals surface area contributed by atoms with E-state index in [0.717, 1.165) is 30.0 Å². The number of rotatable bonds is 3. The lowest BCUT2D eigenvalue weighted by Gasteiger charge is -2.06. The third-order valence-corrected chi connectivity index (χ3v) is 3.40. The molecule has 0 unspecified atom stereocenters. The molecular weight excluding hydrogens is 272 g/mol. The molecule has 3 nitrogen and oxygen atoms in total. The van der Waals surface area contributed by atoms with Crippen LogP contribution in [0.5, 0.6) is 0 Å². The van der Waals surface area contributed by atoms with Crippen LogP contribution in [0, 0.1) is 11.6 Å². The van der Waals surface area contributed by atoms with Crippen molar-refractivity contribution >= 4 is 23.4 Å². The molecule has 2 aromatic carbocycles.